The molecular weight excluding hydrogens is 601 g/mol. The van der Waals surface area contributed by atoms with Crippen LogP contribution in [0.15, 0.2) is 182 Å². The van der Waals surface area contributed by atoms with E-state index < -0.39 is 0 Å². The number of rotatable bonds is 3. The van der Waals surface area contributed by atoms with Gasteiger partial charge in [0, 0.05) is 11.8 Å². The minimum Gasteiger partial charge on any atom is -0.0619 e. The van der Waals surface area contributed by atoms with Crippen LogP contribution in [-0.2, 0) is 0 Å². The summed E-state index contributed by atoms with van der Waals surface area (Å²) in [5.41, 5.74) is 13.9. The first-order chi connectivity index (χ1) is 24.8. The van der Waals surface area contributed by atoms with Gasteiger partial charge in [0.2, 0.25) is 0 Å². The number of allylic oxidation sites excluding steroid dienone is 2. The van der Waals surface area contributed by atoms with Gasteiger partial charge in [-0.15, -0.1) is 0 Å². The van der Waals surface area contributed by atoms with Gasteiger partial charge in [-0.25, -0.2) is 0 Å². The van der Waals surface area contributed by atoms with Gasteiger partial charge in [-0.2, -0.15) is 0 Å². The molecule has 0 nitrogen and oxygen atoms in total. The summed E-state index contributed by atoms with van der Waals surface area (Å²) < 4.78 is 0. The molecule has 0 heterocycles. The van der Waals surface area contributed by atoms with E-state index in [4.69, 9.17) is 0 Å². The maximum absolute atomic E-state index is 2.42. The van der Waals surface area contributed by atoms with E-state index in [0.717, 1.165) is 0 Å². The van der Waals surface area contributed by atoms with Crippen LogP contribution < -0.4 is 0 Å². The van der Waals surface area contributed by atoms with E-state index >= 15 is 0 Å². The van der Waals surface area contributed by atoms with E-state index in [-0.39, 0.29) is 11.8 Å². The molecular formula is C50H32. The molecule has 0 saturated carbocycles. The Morgan fingerprint density at radius 3 is 1.42 bits per heavy atom. The smallest absolute Gasteiger partial charge is 0.0367 e. The highest BCUT2D eigenvalue weighted by molar-refractivity contribution is 6.19. The Kier molecular flexibility index (Phi) is 5.89. The molecule has 0 aromatic heterocycles. The van der Waals surface area contributed by atoms with Crippen molar-refractivity contribution in [3.63, 3.8) is 0 Å². The molecule has 9 aromatic rings. The second-order valence-corrected chi connectivity index (χ2v) is 13.9. The third-order valence-corrected chi connectivity index (χ3v) is 11.4. The molecule has 11 rings (SSSR count). The fourth-order valence-electron chi connectivity index (χ4n) is 9.37. The van der Waals surface area contributed by atoms with E-state index in [9.17, 15) is 0 Å². The lowest BCUT2D eigenvalue weighted by Gasteiger charge is -2.25. The normalized spacial score (nSPS) is 16.3. The molecule has 232 valence electrons. The van der Waals surface area contributed by atoms with Crippen LogP contribution in [0.25, 0.3) is 65.4 Å². The maximum Gasteiger partial charge on any atom is 0.0367 e. The van der Waals surface area contributed by atoms with E-state index in [1.807, 2.05) is 0 Å². The average molecular weight is 633 g/mol. The van der Waals surface area contributed by atoms with Gasteiger partial charge < -0.3 is 0 Å². The lowest BCUT2D eigenvalue weighted by Crippen LogP contribution is -2.06. The summed E-state index contributed by atoms with van der Waals surface area (Å²) in [6, 6.07) is 68.1. The Bertz CT molecular complexity index is 2830. The third-order valence-electron chi connectivity index (χ3n) is 11.4. The van der Waals surface area contributed by atoms with Gasteiger partial charge in [-0.05, 0) is 105 Å². The van der Waals surface area contributed by atoms with Crippen molar-refractivity contribution in [2.45, 2.75) is 11.8 Å². The Hall–Kier alpha value is -6.24. The zero-order chi connectivity index (χ0) is 32.8. The summed E-state index contributed by atoms with van der Waals surface area (Å²) >= 11 is 0. The van der Waals surface area contributed by atoms with Crippen LogP contribution in [-0.4, -0.2) is 0 Å². The van der Waals surface area contributed by atoms with Crippen molar-refractivity contribution >= 4 is 54.2 Å². The molecule has 0 saturated heterocycles. The molecule has 2 aliphatic rings. The minimum absolute atomic E-state index is 0.105. The fourth-order valence-corrected chi connectivity index (χ4v) is 9.37. The molecule has 0 heteroatoms. The topological polar surface area (TPSA) is 0 Å². The Morgan fingerprint density at radius 1 is 0.320 bits per heavy atom. The Labute approximate surface area is 291 Å². The van der Waals surface area contributed by atoms with Gasteiger partial charge in [-0.1, -0.05) is 176 Å². The molecule has 9 aromatic carbocycles. The van der Waals surface area contributed by atoms with Crippen molar-refractivity contribution in [2.75, 3.05) is 0 Å². The van der Waals surface area contributed by atoms with Gasteiger partial charge in [0.05, 0.1) is 0 Å². The maximum atomic E-state index is 2.42. The summed E-state index contributed by atoms with van der Waals surface area (Å²) in [5.74, 6) is 0.277. The summed E-state index contributed by atoms with van der Waals surface area (Å²) in [7, 11) is 0. The number of fused-ring (bicyclic) bond motifs is 8. The summed E-state index contributed by atoms with van der Waals surface area (Å²) in [5, 5.41) is 10.4. The molecule has 0 bridgehead atoms. The van der Waals surface area contributed by atoms with Gasteiger partial charge >= 0.3 is 0 Å². The summed E-state index contributed by atoms with van der Waals surface area (Å²) in [6.45, 7) is 0. The highest BCUT2D eigenvalue weighted by Gasteiger charge is 2.44. The van der Waals surface area contributed by atoms with E-state index in [0.29, 0.717) is 0 Å². The highest BCUT2D eigenvalue weighted by atomic mass is 14.5. The second-order valence-electron chi connectivity index (χ2n) is 13.9. The Balaban J connectivity index is 1.22. The predicted molar refractivity (Wildman–Crippen MR) is 212 cm³/mol. The van der Waals surface area contributed by atoms with Crippen LogP contribution in [0.3, 0.4) is 0 Å². The number of hydrogen-bond acceptors (Lipinski definition) is 0. The van der Waals surface area contributed by atoms with Crippen molar-refractivity contribution in [2.24, 2.45) is 0 Å². The molecule has 0 fully saturated rings. The monoisotopic (exact) mass is 632 g/mol. The van der Waals surface area contributed by atoms with Crippen molar-refractivity contribution < 1.29 is 0 Å². The predicted octanol–water partition coefficient (Wildman–Crippen LogP) is 13.2. The van der Waals surface area contributed by atoms with Crippen molar-refractivity contribution in [1.82, 2.24) is 0 Å². The summed E-state index contributed by atoms with van der Waals surface area (Å²) in [4.78, 5) is 0. The molecule has 50 heavy (non-hydrogen) atoms. The second kappa shape index (κ2) is 10.6. The lowest BCUT2D eigenvalue weighted by atomic mass is 9.78. The Morgan fingerprint density at radius 2 is 0.780 bits per heavy atom. The SMILES string of the molecule is c1ccc2c(c1)C1=C(c3ccccc3C1c1c3ccccc3c(-c3ccc4ccccc4c3)c3ccccc13)C2c1ccc2ccccc2c1. The first-order valence-corrected chi connectivity index (χ1v) is 17.7. The first kappa shape index (κ1) is 27.7. The molecule has 0 spiro atoms. The highest BCUT2D eigenvalue weighted by Crippen LogP contribution is 2.63. The molecule has 2 atom stereocenters. The van der Waals surface area contributed by atoms with Gasteiger partial charge in [0.1, 0.15) is 0 Å². The average Bonchev–Trinajstić information content (AvgIpc) is 3.69. The van der Waals surface area contributed by atoms with Crippen LogP contribution in [0.1, 0.15) is 45.2 Å². The zero-order valence-electron chi connectivity index (χ0n) is 27.5. The van der Waals surface area contributed by atoms with Crippen LogP contribution in [0, 0.1) is 0 Å². The van der Waals surface area contributed by atoms with Crippen molar-refractivity contribution in [3.8, 4) is 11.1 Å². The zero-order valence-corrected chi connectivity index (χ0v) is 27.5. The first-order valence-electron chi connectivity index (χ1n) is 17.7. The fraction of sp³-hybridized carbons (Fsp3) is 0.0400. The van der Waals surface area contributed by atoms with Crippen LogP contribution in [0.5, 0.6) is 0 Å². The van der Waals surface area contributed by atoms with E-state index in [1.54, 1.807) is 0 Å². The molecule has 0 amide bonds. The van der Waals surface area contributed by atoms with E-state index in [1.165, 1.54) is 98.7 Å². The van der Waals surface area contributed by atoms with Gasteiger partial charge in [0.15, 0.2) is 0 Å². The van der Waals surface area contributed by atoms with Crippen molar-refractivity contribution in [1.29, 1.82) is 0 Å². The largest absolute Gasteiger partial charge is 0.0619 e. The lowest BCUT2D eigenvalue weighted by molar-refractivity contribution is 1.05. The standard InChI is InChI=1S/C50H32/c1-3-15-33-29-35(27-25-31(33)13-1)45-37-17-5-8-20-40(37)47(41-21-9-6-18-38(41)45)49-44-24-12-11-23-43(44)48-46(39-19-7-10-22-42(39)50(48)49)36-28-26-32-14-2-4-16-34(32)30-36/h1-30,46,49H. The molecule has 0 N–H and O–H groups in total. The third kappa shape index (κ3) is 3.88. The van der Waals surface area contributed by atoms with Crippen LogP contribution >= 0.6 is 0 Å². The van der Waals surface area contributed by atoms with E-state index in [2.05, 4.69) is 182 Å². The number of benzene rings is 9. The molecule has 0 radical (unpaired) electrons. The molecule has 2 aliphatic carbocycles. The van der Waals surface area contributed by atoms with Gasteiger partial charge in [-0.3, -0.25) is 0 Å². The van der Waals surface area contributed by atoms with Crippen molar-refractivity contribution in [3.05, 3.63) is 215 Å². The summed E-state index contributed by atoms with van der Waals surface area (Å²) in [6.07, 6.45) is 0. The van der Waals surface area contributed by atoms with Crippen LogP contribution in [0.4, 0.5) is 0 Å². The molecule has 2 unspecified atom stereocenters. The minimum atomic E-state index is 0.105. The molecule has 0 aliphatic heterocycles. The number of hydrogen-bond donors (Lipinski definition) is 0. The quantitative estimate of drug-likeness (QED) is 0.170. The van der Waals surface area contributed by atoms with Crippen LogP contribution in [0.2, 0.25) is 0 Å². The van der Waals surface area contributed by atoms with Gasteiger partial charge in [0.25, 0.3) is 0 Å².